The molecular weight excluding hydrogens is 428 g/mol. The van der Waals surface area contributed by atoms with Crippen LogP contribution in [0.5, 0.6) is 11.6 Å². The minimum atomic E-state index is 0.134. The van der Waals surface area contributed by atoms with Gasteiger partial charge in [0.2, 0.25) is 11.8 Å². The molecule has 2 N–H and O–H groups in total. The van der Waals surface area contributed by atoms with E-state index in [9.17, 15) is 0 Å². The number of hydrogen-bond acceptors (Lipinski definition) is 7. The summed E-state index contributed by atoms with van der Waals surface area (Å²) in [5, 5.41) is 5.13. The summed E-state index contributed by atoms with van der Waals surface area (Å²) in [4.78, 5) is 21.8. The zero-order valence-electron chi connectivity index (χ0n) is 19.0. The molecule has 1 aliphatic heterocycles. The number of anilines is 1. The van der Waals surface area contributed by atoms with Gasteiger partial charge in [-0.15, -0.1) is 0 Å². The second kappa shape index (κ2) is 8.30. The van der Waals surface area contributed by atoms with Gasteiger partial charge in [-0.05, 0) is 41.8 Å². The molecular formula is C26H24N6O2. The monoisotopic (exact) mass is 452 g/mol. The van der Waals surface area contributed by atoms with Crippen molar-refractivity contribution in [2.45, 2.75) is 19.3 Å². The van der Waals surface area contributed by atoms with E-state index in [1.807, 2.05) is 37.5 Å². The Balaban J connectivity index is 1.57. The molecule has 0 aliphatic carbocycles. The normalized spacial score (nSPS) is 15.8. The molecule has 5 aromatic rings. The number of pyridine rings is 2. The second-order valence-corrected chi connectivity index (χ2v) is 8.49. The summed E-state index contributed by atoms with van der Waals surface area (Å²) in [5.41, 5.74) is 5.98. The number of hydrogen-bond donors (Lipinski definition) is 2. The summed E-state index contributed by atoms with van der Waals surface area (Å²) in [7, 11) is 1.84. The minimum absolute atomic E-state index is 0.134. The van der Waals surface area contributed by atoms with Crippen molar-refractivity contribution in [3.8, 4) is 22.8 Å². The summed E-state index contributed by atoms with van der Waals surface area (Å²) < 4.78 is 11.7. The van der Waals surface area contributed by atoms with Crippen LogP contribution in [0.25, 0.3) is 33.1 Å². The molecule has 170 valence electrons. The van der Waals surface area contributed by atoms with E-state index >= 15 is 0 Å². The number of aromatic nitrogens is 5. The fraction of sp³-hybridized carbons (Fsp3) is 0.231. The van der Waals surface area contributed by atoms with E-state index in [1.54, 1.807) is 12.4 Å². The van der Waals surface area contributed by atoms with Crippen molar-refractivity contribution in [1.82, 2.24) is 24.9 Å². The Morgan fingerprint density at radius 3 is 2.85 bits per heavy atom. The van der Waals surface area contributed by atoms with E-state index in [2.05, 4.69) is 44.3 Å². The first-order valence-electron chi connectivity index (χ1n) is 11.4. The van der Waals surface area contributed by atoms with Crippen LogP contribution in [0, 0.1) is 0 Å². The van der Waals surface area contributed by atoms with Crippen molar-refractivity contribution < 1.29 is 9.47 Å². The van der Waals surface area contributed by atoms with Crippen molar-refractivity contribution >= 4 is 27.9 Å². The predicted octanol–water partition coefficient (Wildman–Crippen LogP) is 4.73. The molecule has 0 saturated heterocycles. The summed E-state index contributed by atoms with van der Waals surface area (Å²) >= 11 is 0. The zero-order chi connectivity index (χ0) is 23.1. The van der Waals surface area contributed by atoms with Gasteiger partial charge in [-0.1, -0.05) is 13.0 Å². The van der Waals surface area contributed by atoms with Gasteiger partial charge in [0, 0.05) is 47.8 Å². The number of aromatic amines is 1. The van der Waals surface area contributed by atoms with Crippen molar-refractivity contribution in [2.75, 3.05) is 25.6 Å². The number of nitrogens with zero attached hydrogens (tertiary/aromatic N) is 4. The SMILES string of the molecule is CNc1nc2c3c(c[nH]c3n1)-c1ccc3ncc(cc3c1)OCCOc1cc(ccn1)CC2C. The highest BCUT2D eigenvalue weighted by atomic mass is 16.5. The van der Waals surface area contributed by atoms with Crippen LogP contribution in [0.4, 0.5) is 5.95 Å². The molecule has 34 heavy (non-hydrogen) atoms. The van der Waals surface area contributed by atoms with E-state index in [4.69, 9.17) is 14.5 Å². The van der Waals surface area contributed by atoms with Gasteiger partial charge in [0.15, 0.2) is 0 Å². The van der Waals surface area contributed by atoms with E-state index in [0.29, 0.717) is 30.8 Å². The third-order valence-corrected chi connectivity index (χ3v) is 6.16. The maximum absolute atomic E-state index is 5.90. The second-order valence-electron chi connectivity index (χ2n) is 8.49. The summed E-state index contributed by atoms with van der Waals surface area (Å²) in [6.07, 6.45) is 6.33. The van der Waals surface area contributed by atoms with Gasteiger partial charge in [-0.3, -0.25) is 4.98 Å². The van der Waals surface area contributed by atoms with Gasteiger partial charge in [-0.2, -0.15) is 4.98 Å². The lowest BCUT2D eigenvalue weighted by atomic mass is 9.93. The molecule has 4 aromatic heterocycles. The molecule has 8 heteroatoms. The first-order chi connectivity index (χ1) is 16.7. The number of ether oxygens (including phenoxy) is 2. The van der Waals surface area contributed by atoms with Crippen LogP contribution in [0.2, 0.25) is 0 Å². The van der Waals surface area contributed by atoms with Gasteiger partial charge in [0.1, 0.15) is 24.6 Å². The molecule has 5 bridgehead atoms. The number of fused-ring (bicyclic) bond motifs is 5. The summed E-state index contributed by atoms with van der Waals surface area (Å²) in [6.45, 7) is 2.99. The van der Waals surface area contributed by atoms with Crippen molar-refractivity contribution in [3.63, 3.8) is 0 Å². The molecule has 0 spiro atoms. The lowest BCUT2D eigenvalue weighted by Crippen LogP contribution is -2.10. The topological polar surface area (TPSA) is 97.8 Å². The van der Waals surface area contributed by atoms with Crippen LogP contribution in [0.1, 0.15) is 24.1 Å². The highest BCUT2D eigenvalue weighted by Gasteiger charge is 2.20. The molecule has 1 aromatic carbocycles. The molecule has 0 amide bonds. The van der Waals surface area contributed by atoms with Gasteiger partial charge in [0.05, 0.1) is 17.4 Å². The summed E-state index contributed by atoms with van der Waals surface area (Å²) in [6, 6.07) is 12.3. The minimum Gasteiger partial charge on any atom is -0.488 e. The molecule has 0 saturated carbocycles. The third kappa shape index (κ3) is 3.67. The lowest BCUT2D eigenvalue weighted by Gasteiger charge is -2.15. The van der Waals surface area contributed by atoms with Crippen LogP contribution < -0.4 is 14.8 Å². The highest BCUT2D eigenvalue weighted by Crippen LogP contribution is 2.36. The van der Waals surface area contributed by atoms with Crippen LogP contribution in [0.3, 0.4) is 0 Å². The standard InChI is InChI=1S/C26H24N6O2/c1-15-9-16-5-6-28-22(10-16)34-8-7-33-19-12-18-11-17(3-4-21(18)29-13-19)20-14-30-25-23(20)24(15)31-26(27-2)32-25/h3-6,10-15H,7-9H2,1-2H3,(H2,27,30,31,32). The van der Waals surface area contributed by atoms with Crippen molar-refractivity contribution in [2.24, 2.45) is 0 Å². The van der Waals surface area contributed by atoms with Gasteiger partial charge in [-0.25, -0.2) is 9.97 Å². The quantitative estimate of drug-likeness (QED) is 0.379. The Morgan fingerprint density at radius 1 is 1.03 bits per heavy atom. The number of H-pyrrole nitrogens is 1. The first kappa shape index (κ1) is 20.4. The molecule has 5 heterocycles. The molecule has 6 rings (SSSR count). The van der Waals surface area contributed by atoms with Crippen LogP contribution in [-0.2, 0) is 6.42 Å². The van der Waals surface area contributed by atoms with Gasteiger partial charge >= 0.3 is 0 Å². The maximum atomic E-state index is 5.90. The fourth-order valence-electron chi connectivity index (χ4n) is 4.53. The molecule has 0 radical (unpaired) electrons. The first-order valence-corrected chi connectivity index (χ1v) is 11.4. The fourth-order valence-corrected chi connectivity index (χ4v) is 4.53. The van der Waals surface area contributed by atoms with E-state index in [1.165, 1.54) is 0 Å². The van der Waals surface area contributed by atoms with Crippen LogP contribution in [0.15, 0.2) is 55.0 Å². The smallest absolute Gasteiger partial charge is 0.224 e. The van der Waals surface area contributed by atoms with E-state index in [-0.39, 0.29) is 5.92 Å². The van der Waals surface area contributed by atoms with E-state index < -0.39 is 0 Å². The molecule has 0 fully saturated rings. The Morgan fingerprint density at radius 2 is 1.94 bits per heavy atom. The predicted molar refractivity (Wildman–Crippen MR) is 132 cm³/mol. The Labute approximate surface area is 196 Å². The van der Waals surface area contributed by atoms with Crippen molar-refractivity contribution in [3.05, 3.63) is 66.2 Å². The highest BCUT2D eigenvalue weighted by molar-refractivity contribution is 5.98. The number of rotatable bonds is 1. The Hall–Kier alpha value is -4.20. The third-order valence-electron chi connectivity index (χ3n) is 6.16. The van der Waals surface area contributed by atoms with Crippen LogP contribution >= 0.6 is 0 Å². The van der Waals surface area contributed by atoms with Gasteiger partial charge < -0.3 is 19.8 Å². The lowest BCUT2D eigenvalue weighted by molar-refractivity contribution is 0.211. The maximum Gasteiger partial charge on any atom is 0.224 e. The average molecular weight is 453 g/mol. The van der Waals surface area contributed by atoms with Crippen LogP contribution in [-0.4, -0.2) is 45.2 Å². The molecule has 8 nitrogen and oxygen atoms in total. The summed E-state index contributed by atoms with van der Waals surface area (Å²) in [5.74, 6) is 2.02. The Kier molecular flexibility index (Phi) is 4.98. The molecule has 1 atom stereocenters. The molecule has 1 aliphatic rings. The van der Waals surface area contributed by atoms with Crippen molar-refractivity contribution in [1.29, 1.82) is 0 Å². The number of nitrogens with one attached hydrogen (secondary N) is 2. The number of benzene rings is 1. The Bertz CT molecular complexity index is 1510. The zero-order valence-corrected chi connectivity index (χ0v) is 19.0. The van der Waals surface area contributed by atoms with Gasteiger partial charge in [0.25, 0.3) is 0 Å². The van der Waals surface area contributed by atoms with E-state index in [0.717, 1.165) is 50.7 Å². The average Bonchev–Trinajstić information content (AvgIpc) is 3.29. The molecule has 1 unspecified atom stereocenters. The largest absolute Gasteiger partial charge is 0.488 e.